The van der Waals surface area contributed by atoms with E-state index in [2.05, 4.69) is 242 Å². The molecule has 0 unspecified atom stereocenters. The first kappa shape index (κ1) is 34.8. The van der Waals surface area contributed by atoms with Crippen LogP contribution in [0.4, 0.5) is 34.1 Å². The number of para-hydroxylation sites is 2. The summed E-state index contributed by atoms with van der Waals surface area (Å²) in [5.74, 6) is 0. The molecule has 0 saturated carbocycles. The molecule has 10 aromatic carbocycles. The van der Waals surface area contributed by atoms with Gasteiger partial charge in [0.15, 0.2) is 0 Å². The Morgan fingerprint density at radius 1 is 0.373 bits per heavy atom. The molecule has 0 atom stereocenters. The summed E-state index contributed by atoms with van der Waals surface area (Å²) in [5.41, 5.74) is 14.2. The summed E-state index contributed by atoms with van der Waals surface area (Å²) in [6.45, 7) is 4.79. The minimum Gasteiger partial charge on any atom is -0.310 e. The number of fused-ring (bicyclic) bond motifs is 5. The van der Waals surface area contributed by atoms with E-state index < -0.39 is 0 Å². The summed E-state index contributed by atoms with van der Waals surface area (Å²) in [7, 11) is 0. The van der Waals surface area contributed by atoms with Gasteiger partial charge >= 0.3 is 0 Å². The van der Waals surface area contributed by atoms with Crippen LogP contribution in [0.2, 0.25) is 0 Å². The van der Waals surface area contributed by atoms with Crippen molar-refractivity contribution in [3.8, 4) is 22.3 Å². The second kappa shape index (κ2) is 13.9. The van der Waals surface area contributed by atoms with Gasteiger partial charge in [-0.15, -0.1) is 0 Å². The average Bonchev–Trinajstić information content (AvgIpc) is 3.29. The highest BCUT2D eigenvalue weighted by Crippen LogP contribution is 2.57. The maximum atomic E-state index is 2.56. The minimum absolute atomic E-state index is 0.291. The molecule has 2 nitrogen and oxygen atoms in total. The second-order valence-electron chi connectivity index (χ2n) is 16.1. The molecule has 1 aliphatic rings. The molecule has 0 fully saturated rings. The molecule has 0 spiro atoms. The lowest BCUT2D eigenvalue weighted by molar-refractivity contribution is 0.634. The van der Waals surface area contributed by atoms with Crippen LogP contribution in [0.1, 0.15) is 25.0 Å². The van der Waals surface area contributed by atoms with Crippen LogP contribution in [-0.4, -0.2) is 0 Å². The average molecular weight is 755 g/mol. The van der Waals surface area contributed by atoms with Gasteiger partial charge in [0.25, 0.3) is 0 Å². The van der Waals surface area contributed by atoms with Crippen molar-refractivity contribution in [1.82, 2.24) is 0 Å². The molecule has 0 saturated heterocycles. The first-order valence-corrected chi connectivity index (χ1v) is 20.5. The normalized spacial score (nSPS) is 13.0. The van der Waals surface area contributed by atoms with Crippen molar-refractivity contribution in [2.24, 2.45) is 0 Å². The molecule has 11 rings (SSSR count). The number of hydrogen-bond acceptors (Lipinski definition) is 2. The lowest BCUT2D eigenvalue weighted by Crippen LogP contribution is -2.31. The number of rotatable bonds is 6. The van der Waals surface area contributed by atoms with Crippen molar-refractivity contribution in [3.63, 3.8) is 0 Å². The summed E-state index contributed by atoms with van der Waals surface area (Å²) in [6, 6.07) is 79.9. The first-order valence-electron chi connectivity index (χ1n) is 20.5. The lowest BCUT2D eigenvalue weighted by atomic mass is 9.70. The Hall–Kier alpha value is -7.42. The molecule has 1 aliphatic heterocycles. The molecular formula is C57H42N2. The molecule has 2 heteroatoms. The van der Waals surface area contributed by atoms with Crippen LogP contribution in [0.25, 0.3) is 54.6 Å². The third-order valence-corrected chi connectivity index (χ3v) is 12.4. The maximum absolute atomic E-state index is 2.56. The Balaban J connectivity index is 1.12. The molecule has 280 valence electrons. The number of anilines is 6. The van der Waals surface area contributed by atoms with E-state index >= 15 is 0 Å². The molecule has 10 aromatic rings. The fraction of sp³-hybridized carbons (Fsp3) is 0.0526. The van der Waals surface area contributed by atoms with E-state index in [1.807, 2.05) is 0 Å². The number of nitrogens with zero attached hydrogens (tertiary/aromatic N) is 2. The molecule has 0 bridgehead atoms. The molecule has 0 aromatic heterocycles. The molecule has 0 radical (unpaired) electrons. The van der Waals surface area contributed by atoms with E-state index in [1.165, 1.54) is 82.8 Å². The van der Waals surface area contributed by atoms with Crippen molar-refractivity contribution >= 4 is 66.4 Å². The Morgan fingerprint density at radius 2 is 0.915 bits per heavy atom. The highest BCUT2D eigenvalue weighted by molar-refractivity contribution is 6.11. The SMILES string of the molecule is CC1(C)c2ccccc2N(c2c(-c3cccc4ccccc34)ccc3ccccc23)c2cccc(-c3ccc(N(c4ccccc4)c4cccc5ccccc45)cc3)c21. The van der Waals surface area contributed by atoms with Gasteiger partial charge in [-0.2, -0.15) is 0 Å². The first-order chi connectivity index (χ1) is 29.1. The zero-order valence-electron chi connectivity index (χ0n) is 33.2. The monoisotopic (exact) mass is 754 g/mol. The third-order valence-electron chi connectivity index (χ3n) is 12.4. The predicted octanol–water partition coefficient (Wildman–Crippen LogP) is 16.1. The summed E-state index contributed by atoms with van der Waals surface area (Å²) in [5, 5.41) is 7.37. The zero-order chi connectivity index (χ0) is 39.5. The molecule has 0 aliphatic carbocycles. The fourth-order valence-corrected chi connectivity index (χ4v) is 9.70. The minimum atomic E-state index is -0.291. The van der Waals surface area contributed by atoms with Crippen LogP contribution in [0.3, 0.4) is 0 Å². The van der Waals surface area contributed by atoms with Crippen molar-refractivity contribution in [2.45, 2.75) is 19.3 Å². The van der Waals surface area contributed by atoms with Crippen LogP contribution >= 0.6 is 0 Å². The van der Waals surface area contributed by atoms with E-state index in [9.17, 15) is 0 Å². The fourth-order valence-electron chi connectivity index (χ4n) is 9.70. The van der Waals surface area contributed by atoms with Gasteiger partial charge in [0.05, 0.1) is 22.7 Å². The largest absolute Gasteiger partial charge is 0.310 e. The van der Waals surface area contributed by atoms with Crippen LogP contribution in [0, 0.1) is 0 Å². The highest BCUT2D eigenvalue weighted by atomic mass is 15.2. The van der Waals surface area contributed by atoms with Gasteiger partial charge < -0.3 is 9.80 Å². The van der Waals surface area contributed by atoms with Gasteiger partial charge in [-0.1, -0.05) is 190 Å². The lowest BCUT2D eigenvalue weighted by Gasteiger charge is -2.44. The Kier molecular flexibility index (Phi) is 8.20. The van der Waals surface area contributed by atoms with E-state index in [-0.39, 0.29) is 5.41 Å². The van der Waals surface area contributed by atoms with Gasteiger partial charge in [-0.05, 0) is 91.8 Å². The van der Waals surface area contributed by atoms with Crippen LogP contribution < -0.4 is 9.80 Å². The molecule has 0 N–H and O–H groups in total. The summed E-state index contributed by atoms with van der Waals surface area (Å²) >= 11 is 0. The van der Waals surface area contributed by atoms with Gasteiger partial charge in [0, 0.05) is 33.1 Å². The summed E-state index contributed by atoms with van der Waals surface area (Å²) in [4.78, 5) is 4.94. The van der Waals surface area contributed by atoms with Gasteiger partial charge in [-0.3, -0.25) is 0 Å². The third kappa shape index (κ3) is 5.63. The van der Waals surface area contributed by atoms with Crippen LogP contribution in [-0.2, 0) is 5.41 Å². The Bertz CT molecular complexity index is 3190. The zero-order valence-corrected chi connectivity index (χ0v) is 33.2. The predicted molar refractivity (Wildman–Crippen MR) is 251 cm³/mol. The molecule has 59 heavy (non-hydrogen) atoms. The van der Waals surface area contributed by atoms with Crippen LogP contribution in [0.15, 0.2) is 218 Å². The second-order valence-corrected chi connectivity index (χ2v) is 16.1. The number of benzene rings is 10. The Morgan fingerprint density at radius 3 is 1.69 bits per heavy atom. The molecular weight excluding hydrogens is 713 g/mol. The van der Waals surface area contributed by atoms with Crippen LogP contribution in [0.5, 0.6) is 0 Å². The van der Waals surface area contributed by atoms with Gasteiger partial charge in [-0.25, -0.2) is 0 Å². The van der Waals surface area contributed by atoms with Gasteiger partial charge in [0.2, 0.25) is 0 Å². The van der Waals surface area contributed by atoms with Crippen molar-refractivity contribution in [2.75, 3.05) is 9.80 Å². The number of hydrogen-bond donors (Lipinski definition) is 0. The smallest absolute Gasteiger partial charge is 0.0618 e. The topological polar surface area (TPSA) is 6.48 Å². The van der Waals surface area contributed by atoms with E-state index in [0.717, 1.165) is 17.1 Å². The summed E-state index contributed by atoms with van der Waals surface area (Å²) in [6.07, 6.45) is 0. The van der Waals surface area contributed by atoms with E-state index in [0.29, 0.717) is 0 Å². The van der Waals surface area contributed by atoms with Gasteiger partial charge in [0.1, 0.15) is 0 Å². The maximum Gasteiger partial charge on any atom is 0.0618 e. The van der Waals surface area contributed by atoms with Crippen molar-refractivity contribution < 1.29 is 0 Å². The van der Waals surface area contributed by atoms with Crippen molar-refractivity contribution in [1.29, 1.82) is 0 Å². The highest BCUT2D eigenvalue weighted by Gasteiger charge is 2.40. The van der Waals surface area contributed by atoms with E-state index in [1.54, 1.807) is 0 Å². The van der Waals surface area contributed by atoms with Crippen molar-refractivity contribution in [3.05, 3.63) is 230 Å². The molecule has 1 heterocycles. The molecule has 0 amide bonds. The van der Waals surface area contributed by atoms with E-state index in [4.69, 9.17) is 0 Å². The quantitative estimate of drug-likeness (QED) is 0.167. The Labute approximate surface area is 345 Å². The standard InChI is InChI=1S/C57H42N2/c1-57(2)51-29-12-13-30-53(51)59(56-48-26-11-8-19-41(48)35-38-50(56)49-28-14-20-39-17-6-9-24-45(39)49)54-32-16-27-47(55(54)57)42-33-36-44(37-34-42)58(43-22-4-3-5-23-43)52-31-15-21-40-18-7-10-25-46(40)52/h3-38H,1-2H3. The summed E-state index contributed by atoms with van der Waals surface area (Å²) < 4.78 is 0.